The van der Waals surface area contributed by atoms with E-state index in [-0.39, 0.29) is 0 Å². The first kappa shape index (κ1) is 67.5. The van der Waals surface area contributed by atoms with E-state index >= 15 is 0 Å². The summed E-state index contributed by atoms with van der Waals surface area (Å²) in [5.74, 6) is 3.50. The highest BCUT2D eigenvalue weighted by Gasteiger charge is 2.27. The number of aromatic nitrogens is 8. The Labute approximate surface area is 577 Å². The van der Waals surface area contributed by atoms with Gasteiger partial charge in [-0.2, -0.15) is 0 Å². The van der Waals surface area contributed by atoms with Crippen LogP contribution >= 0.6 is 0 Å². The van der Waals surface area contributed by atoms with Gasteiger partial charge in [-0.15, -0.1) is 0 Å². The number of hydrogen-bond donors (Lipinski definition) is 2. The number of unbranched alkanes of at least 4 members (excludes halogenated alkanes) is 19. The number of benzene rings is 8. The van der Waals surface area contributed by atoms with E-state index in [0.29, 0.717) is 41.2 Å². The lowest BCUT2D eigenvalue weighted by Crippen LogP contribution is -1.99. The van der Waals surface area contributed by atoms with Gasteiger partial charge < -0.3 is 14.7 Å². The molecule has 0 saturated carbocycles. The third-order valence-corrected chi connectivity index (χ3v) is 21.3. The first-order valence-corrected chi connectivity index (χ1v) is 38.6. The van der Waals surface area contributed by atoms with E-state index in [1.165, 1.54) is 200 Å². The lowest BCUT2D eigenvalue weighted by molar-refractivity contribution is 0.307. The van der Waals surface area contributed by atoms with E-state index in [9.17, 15) is 0 Å². The number of nitrogens with zero attached hydrogens (tertiary/aromatic N) is 6. The second kappa shape index (κ2) is 32.5. The van der Waals surface area contributed by atoms with Crippen molar-refractivity contribution in [1.82, 2.24) is 39.9 Å². The molecule has 9 nitrogen and oxygen atoms in total. The third kappa shape index (κ3) is 15.3. The average molecular weight is 1290 g/mol. The number of hydrogen-bond acceptors (Lipinski definition) is 7. The van der Waals surface area contributed by atoms with Gasteiger partial charge in [0.05, 0.1) is 6.61 Å². The molecule has 8 aromatic carbocycles. The first-order chi connectivity index (χ1) is 47.8. The molecule has 3 aromatic heterocycles. The molecular formula is C88H106N8O. The Morgan fingerprint density at radius 1 is 0.268 bits per heavy atom. The van der Waals surface area contributed by atoms with E-state index < -0.39 is 0 Å². The van der Waals surface area contributed by atoms with E-state index in [4.69, 9.17) is 34.6 Å². The summed E-state index contributed by atoms with van der Waals surface area (Å²) in [4.78, 5) is 41.8. The molecule has 0 spiro atoms. The monoisotopic (exact) mass is 1290 g/mol. The molecule has 2 aliphatic rings. The number of fused-ring (bicyclic) bond motifs is 20. The van der Waals surface area contributed by atoms with Crippen LogP contribution in [0.1, 0.15) is 247 Å². The van der Waals surface area contributed by atoms with Crippen LogP contribution in [0.15, 0.2) is 109 Å². The van der Waals surface area contributed by atoms with Gasteiger partial charge in [-0.1, -0.05) is 212 Å². The number of aryl methyl sites for hydroxylation is 7. The maximum absolute atomic E-state index is 6.78. The van der Waals surface area contributed by atoms with Crippen molar-refractivity contribution in [3.05, 3.63) is 148 Å². The number of rotatable bonds is 36. The number of H-pyrrole nitrogens is 2. The Kier molecular flexibility index (Phi) is 22.7. The Morgan fingerprint density at radius 3 is 1.01 bits per heavy atom. The summed E-state index contributed by atoms with van der Waals surface area (Å²) < 4.78 is 6.78. The van der Waals surface area contributed by atoms with Gasteiger partial charge in [0.2, 0.25) is 0 Å². The number of ether oxygens (including phenoxy) is 1. The summed E-state index contributed by atoms with van der Waals surface area (Å²) in [6.07, 6.45) is 38.2. The van der Waals surface area contributed by atoms with Crippen molar-refractivity contribution in [1.29, 1.82) is 0 Å². The van der Waals surface area contributed by atoms with Crippen LogP contribution in [0.2, 0.25) is 0 Å². The molecular weight excluding hydrogens is 1190 g/mol. The maximum atomic E-state index is 6.78. The number of aromatic amines is 2. The van der Waals surface area contributed by atoms with Gasteiger partial charge in [-0.25, -0.2) is 29.9 Å². The minimum Gasteiger partial charge on any atom is -0.494 e. The van der Waals surface area contributed by atoms with Crippen LogP contribution in [0, 0.1) is 0 Å². The van der Waals surface area contributed by atoms with Crippen molar-refractivity contribution in [3.63, 3.8) is 0 Å². The molecule has 9 heteroatoms. The van der Waals surface area contributed by atoms with Gasteiger partial charge in [0, 0.05) is 43.8 Å². The molecule has 2 N–H and O–H groups in total. The van der Waals surface area contributed by atoms with Crippen LogP contribution in [0.5, 0.6) is 5.75 Å². The molecule has 0 unspecified atom stereocenters. The van der Waals surface area contributed by atoms with Gasteiger partial charge >= 0.3 is 0 Å². The van der Waals surface area contributed by atoms with Gasteiger partial charge in [-0.05, 0) is 222 Å². The summed E-state index contributed by atoms with van der Waals surface area (Å²) in [7, 11) is 0. The van der Waals surface area contributed by atoms with Crippen molar-refractivity contribution >= 4 is 76.5 Å². The van der Waals surface area contributed by atoms with Crippen molar-refractivity contribution in [3.8, 4) is 51.3 Å². The van der Waals surface area contributed by atoms with E-state index in [0.717, 1.165) is 144 Å². The van der Waals surface area contributed by atoms with E-state index in [1.807, 2.05) is 0 Å². The maximum Gasteiger partial charge on any atom is 0.164 e. The van der Waals surface area contributed by atoms with E-state index in [2.05, 4.69) is 161 Å². The molecule has 504 valence electrons. The van der Waals surface area contributed by atoms with Crippen LogP contribution in [-0.2, 0) is 44.9 Å². The third-order valence-electron chi connectivity index (χ3n) is 21.3. The second-order valence-corrected chi connectivity index (χ2v) is 28.6. The van der Waals surface area contributed by atoms with Crippen LogP contribution in [0.3, 0.4) is 0 Å². The average Bonchev–Trinajstić information content (AvgIpc) is 1.41. The highest BCUT2D eigenvalue weighted by Crippen LogP contribution is 2.43. The Balaban J connectivity index is 0.982. The molecule has 8 bridgehead atoms. The zero-order valence-electron chi connectivity index (χ0n) is 59.5. The van der Waals surface area contributed by atoms with Gasteiger partial charge in [0.15, 0.2) is 23.3 Å². The Bertz CT molecular complexity index is 4670. The quantitative estimate of drug-likeness (QED) is 0.0297. The van der Waals surface area contributed by atoms with Crippen molar-refractivity contribution in [2.24, 2.45) is 0 Å². The fraction of sp³-hybridized carbons (Fsp3) is 0.455. The summed E-state index contributed by atoms with van der Waals surface area (Å²) in [6, 6.07) is 41.6. The van der Waals surface area contributed by atoms with Crippen LogP contribution < -0.4 is 4.74 Å². The summed E-state index contributed by atoms with van der Waals surface area (Å²) in [6.45, 7) is 14.4. The smallest absolute Gasteiger partial charge is 0.164 e. The highest BCUT2D eigenvalue weighted by atomic mass is 16.5. The number of nitrogens with one attached hydrogen (secondary N) is 2. The van der Waals surface area contributed by atoms with E-state index in [1.54, 1.807) is 0 Å². The standard InChI is InChI=1S/C88H106N8O/c1-7-13-19-25-35-63-52-72-73(53-64(63)36-26-20-14-8-2)83-91-82(72)89-81-71-50-48-69(97-51-32-31-34-59-43-44-62-46-45-60-41-33-42-61-47-49-70(59)80(62)79(60)61)58-78(71)88(90-81)96-87-77-57-68(40-30-24-18-12-6)67(39-29-23-17-11-5)56-76(77)86(95-87)94-85-75-55-66(38-28-22-16-10-4)65(37-27-21-15-9-3)54-74(75)84(92-83)93-85/h33,41-50,52-58H,7-32,34-40,51H2,1-6H3,(H2,89,90,91,92,93,94,95,96). The minimum atomic E-state index is 0.597. The topological polar surface area (TPSA) is 118 Å². The van der Waals surface area contributed by atoms with Gasteiger partial charge in [0.25, 0.3) is 0 Å². The van der Waals surface area contributed by atoms with Crippen molar-refractivity contribution < 1.29 is 4.74 Å². The molecule has 5 heterocycles. The fourth-order valence-corrected chi connectivity index (χ4v) is 15.7. The zero-order valence-corrected chi connectivity index (χ0v) is 59.5. The van der Waals surface area contributed by atoms with Crippen LogP contribution in [-0.4, -0.2) is 46.5 Å². The molecule has 0 saturated heterocycles. The van der Waals surface area contributed by atoms with Gasteiger partial charge in [0.1, 0.15) is 28.3 Å². The molecule has 97 heavy (non-hydrogen) atoms. The lowest BCUT2D eigenvalue weighted by atomic mass is 9.91. The van der Waals surface area contributed by atoms with Crippen molar-refractivity contribution in [2.45, 2.75) is 253 Å². The predicted octanol–water partition coefficient (Wildman–Crippen LogP) is 24.9. The predicted molar refractivity (Wildman–Crippen MR) is 412 cm³/mol. The largest absolute Gasteiger partial charge is 0.494 e. The SMILES string of the molecule is CCCCCCc1cc2c(cc1CCCCCC)-c1nc-2nc2[nH]c(nc3nc(nc4[nH]c(n1)c1cc(CCCCCC)c(CCCCCC)cc41)-c1cc(CCCCCC)c(CCCCCC)cc1-3)c1cc(OCCCCc3ccc4ccc5cccc6ccc3c4c56)ccc21. The summed E-state index contributed by atoms with van der Waals surface area (Å²) in [5.41, 5.74) is 17.0. The summed E-state index contributed by atoms with van der Waals surface area (Å²) in [5, 5.41) is 12.1. The Hall–Kier alpha value is -8.04. The molecule has 0 atom stereocenters. The molecule has 0 radical (unpaired) electrons. The second-order valence-electron chi connectivity index (χ2n) is 28.6. The lowest BCUT2D eigenvalue weighted by Gasteiger charge is -2.14. The molecule has 0 aliphatic carbocycles. The summed E-state index contributed by atoms with van der Waals surface area (Å²) >= 11 is 0. The minimum absolute atomic E-state index is 0.597. The molecule has 11 aromatic rings. The van der Waals surface area contributed by atoms with Gasteiger partial charge in [-0.3, -0.25) is 0 Å². The zero-order chi connectivity index (χ0) is 66.5. The highest BCUT2D eigenvalue weighted by molar-refractivity contribution is 6.23. The normalized spacial score (nSPS) is 12.2. The molecule has 0 fully saturated rings. The van der Waals surface area contributed by atoms with Crippen LogP contribution in [0.4, 0.5) is 0 Å². The van der Waals surface area contributed by atoms with Crippen LogP contribution in [0.25, 0.3) is 122 Å². The molecule has 13 rings (SSSR count). The fourth-order valence-electron chi connectivity index (χ4n) is 15.7. The molecule has 2 aliphatic heterocycles. The van der Waals surface area contributed by atoms with Crippen molar-refractivity contribution in [2.75, 3.05) is 6.61 Å². The Morgan fingerprint density at radius 2 is 0.598 bits per heavy atom. The molecule has 0 amide bonds. The first-order valence-electron chi connectivity index (χ1n) is 38.6.